The lowest BCUT2D eigenvalue weighted by Gasteiger charge is -2.60. The molecule has 0 aromatic carbocycles. The van der Waals surface area contributed by atoms with Gasteiger partial charge in [0.1, 0.15) is 5.71 Å². The number of oxime groups is 2. The lowest BCUT2D eigenvalue weighted by Crippen LogP contribution is -2.57. The second-order valence-electron chi connectivity index (χ2n) is 9.83. The highest BCUT2D eigenvalue weighted by Crippen LogP contribution is 2.66. The third-order valence-electron chi connectivity index (χ3n) is 8.63. The molecule has 0 saturated heterocycles. The fourth-order valence-electron chi connectivity index (χ4n) is 7.58. The SMILES string of the molecule is C[C@H]1CC2C3CCC(/C(CO)=N/O)C3(C)CC(O)[C@@H]2C2(C)C=C/C(=N\O)C=C12. The van der Waals surface area contributed by atoms with Crippen LogP contribution >= 0.6 is 0 Å². The third-order valence-corrected chi connectivity index (χ3v) is 8.63. The number of nitrogens with zero attached hydrogens (tertiary/aromatic N) is 2. The fourth-order valence-corrected chi connectivity index (χ4v) is 7.58. The Bertz CT molecular complexity index is 772. The summed E-state index contributed by atoms with van der Waals surface area (Å²) in [4.78, 5) is 0. The number of fused-ring (bicyclic) bond motifs is 5. The Kier molecular flexibility index (Phi) is 4.70. The molecule has 0 aliphatic heterocycles. The van der Waals surface area contributed by atoms with Gasteiger partial charge < -0.3 is 20.6 Å². The molecule has 3 saturated carbocycles. The Morgan fingerprint density at radius 1 is 1.25 bits per heavy atom. The average Bonchev–Trinajstić information content (AvgIpc) is 2.99. The zero-order valence-electron chi connectivity index (χ0n) is 16.9. The van der Waals surface area contributed by atoms with Gasteiger partial charge in [0.25, 0.3) is 0 Å². The Hall–Kier alpha value is -1.66. The van der Waals surface area contributed by atoms with Gasteiger partial charge in [-0.05, 0) is 61.0 Å². The minimum atomic E-state index is -0.469. The highest BCUT2D eigenvalue weighted by Gasteiger charge is 2.63. The summed E-state index contributed by atoms with van der Waals surface area (Å²) in [5.74, 6) is 1.26. The number of aliphatic hydroxyl groups is 2. The normalized spacial score (nSPS) is 49.4. The first-order valence-corrected chi connectivity index (χ1v) is 10.4. The van der Waals surface area contributed by atoms with E-state index in [0.717, 1.165) is 19.3 Å². The minimum Gasteiger partial charge on any atom is -0.411 e. The van der Waals surface area contributed by atoms with E-state index in [0.29, 0.717) is 35.6 Å². The van der Waals surface area contributed by atoms with Crippen LogP contribution in [0.3, 0.4) is 0 Å². The zero-order valence-corrected chi connectivity index (χ0v) is 16.9. The molecule has 28 heavy (non-hydrogen) atoms. The van der Waals surface area contributed by atoms with Crippen LogP contribution < -0.4 is 0 Å². The molecular weight excluding hydrogens is 356 g/mol. The summed E-state index contributed by atoms with van der Waals surface area (Å²) in [5.41, 5.74) is 1.85. The van der Waals surface area contributed by atoms with Crippen molar-refractivity contribution < 1.29 is 20.6 Å². The monoisotopic (exact) mass is 388 g/mol. The maximum Gasteiger partial charge on any atom is 0.102 e. The lowest BCUT2D eigenvalue weighted by molar-refractivity contribution is -0.115. The summed E-state index contributed by atoms with van der Waals surface area (Å²) >= 11 is 0. The molecule has 0 spiro atoms. The standard InChI is InChI=1S/C22H32N2O4/c1-12-8-14-15-4-5-16(18(11-25)24-28)22(15,3)10-19(26)20(14)21(2)7-6-13(23-27)9-17(12)21/h6-7,9,12,14-16,19-20,25-28H,4-5,8,10-11H2,1-3H3/b23-13+,24-18+/t12-,14?,15?,16?,19?,20+,21?,22?/m0/s1. The summed E-state index contributed by atoms with van der Waals surface area (Å²) in [7, 11) is 0. The molecule has 0 aromatic heterocycles. The largest absolute Gasteiger partial charge is 0.411 e. The molecule has 0 amide bonds. The molecule has 0 aromatic rings. The first kappa shape index (κ1) is 19.6. The Labute approximate surface area is 166 Å². The van der Waals surface area contributed by atoms with Crippen LogP contribution in [0, 0.1) is 40.4 Å². The molecule has 6 unspecified atom stereocenters. The van der Waals surface area contributed by atoms with Crippen molar-refractivity contribution in [1.82, 2.24) is 0 Å². The van der Waals surface area contributed by atoms with E-state index in [9.17, 15) is 20.6 Å². The van der Waals surface area contributed by atoms with Crippen LogP contribution in [0.15, 0.2) is 34.1 Å². The van der Waals surface area contributed by atoms with Crippen molar-refractivity contribution in [3.63, 3.8) is 0 Å². The number of hydrogen-bond acceptors (Lipinski definition) is 6. The van der Waals surface area contributed by atoms with Gasteiger partial charge in [-0.3, -0.25) is 0 Å². The van der Waals surface area contributed by atoms with Gasteiger partial charge in [0.05, 0.1) is 18.4 Å². The van der Waals surface area contributed by atoms with Gasteiger partial charge in [-0.1, -0.05) is 42.7 Å². The molecule has 0 radical (unpaired) electrons. The van der Waals surface area contributed by atoms with Gasteiger partial charge in [-0.15, -0.1) is 0 Å². The van der Waals surface area contributed by atoms with Gasteiger partial charge >= 0.3 is 0 Å². The predicted molar refractivity (Wildman–Crippen MR) is 107 cm³/mol. The Morgan fingerprint density at radius 3 is 2.64 bits per heavy atom. The van der Waals surface area contributed by atoms with E-state index in [2.05, 4.69) is 37.2 Å². The number of allylic oxidation sites excluding steroid dienone is 4. The van der Waals surface area contributed by atoms with E-state index in [1.165, 1.54) is 5.57 Å². The highest BCUT2D eigenvalue weighted by atomic mass is 16.4. The molecular formula is C22H32N2O4. The van der Waals surface area contributed by atoms with Gasteiger partial charge in [0, 0.05) is 17.3 Å². The van der Waals surface area contributed by atoms with Gasteiger partial charge in [0.2, 0.25) is 0 Å². The van der Waals surface area contributed by atoms with E-state index in [1.807, 2.05) is 12.2 Å². The average molecular weight is 389 g/mol. The number of rotatable bonds is 2. The van der Waals surface area contributed by atoms with E-state index in [4.69, 9.17) is 0 Å². The van der Waals surface area contributed by atoms with Gasteiger partial charge in [-0.25, -0.2) is 0 Å². The summed E-state index contributed by atoms with van der Waals surface area (Å²) in [6.45, 7) is 6.42. The molecule has 4 aliphatic carbocycles. The topological polar surface area (TPSA) is 106 Å². The quantitative estimate of drug-likeness (QED) is 0.331. The van der Waals surface area contributed by atoms with Gasteiger partial charge in [-0.2, -0.15) is 0 Å². The molecule has 0 bridgehead atoms. The second kappa shape index (κ2) is 6.70. The third kappa shape index (κ3) is 2.53. The van der Waals surface area contributed by atoms with Crippen LogP contribution in [0.2, 0.25) is 0 Å². The molecule has 0 heterocycles. The second-order valence-corrected chi connectivity index (χ2v) is 9.83. The van der Waals surface area contributed by atoms with Crippen LogP contribution in [0.4, 0.5) is 0 Å². The van der Waals surface area contributed by atoms with E-state index < -0.39 is 6.10 Å². The van der Waals surface area contributed by atoms with Crippen molar-refractivity contribution in [2.45, 2.75) is 52.6 Å². The Balaban J connectivity index is 1.74. The maximum atomic E-state index is 11.4. The fraction of sp³-hybridized carbons (Fsp3) is 0.727. The molecule has 6 nitrogen and oxygen atoms in total. The Morgan fingerprint density at radius 2 is 2.00 bits per heavy atom. The number of aliphatic hydroxyl groups excluding tert-OH is 2. The van der Waals surface area contributed by atoms with Crippen LogP contribution in [0.5, 0.6) is 0 Å². The number of hydrogen-bond donors (Lipinski definition) is 4. The van der Waals surface area contributed by atoms with Crippen LogP contribution in [-0.2, 0) is 0 Å². The molecule has 8 atom stereocenters. The van der Waals surface area contributed by atoms with Crippen LogP contribution in [0.25, 0.3) is 0 Å². The maximum absolute atomic E-state index is 11.4. The van der Waals surface area contributed by atoms with E-state index >= 15 is 0 Å². The minimum absolute atomic E-state index is 0.0122. The van der Waals surface area contributed by atoms with Crippen molar-refractivity contribution in [2.75, 3.05) is 6.61 Å². The van der Waals surface area contributed by atoms with E-state index in [-0.39, 0.29) is 29.3 Å². The van der Waals surface area contributed by atoms with E-state index in [1.54, 1.807) is 0 Å². The van der Waals surface area contributed by atoms with Crippen molar-refractivity contribution in [1.29, 1.82) is 0 Å². The molecule has 154 valence electrons. The predicted octanol–water partition coefficient (Wildman–Crippen LogP) is 3.21. The zero-order chi connectivity index (χ0) is 20.3. The molecule has 4 N–H and O–H groups in total. The van der Waals surface area contributed by atoms with Crippen molar-refractivity contribution in [3.05, 3.63) is 23.8 Å². The first-order valence-electron chi connectivity index (χ1n) is 10.4. The molecule has 4 rings (SSSR count). The van der Waals surface area contributed by atoms with Crippen molar-refractivity contribution >= 4 is 11.4 Å². The van der Waals surface area contributed by atoms with Crippen LogP contribution in [0.1, 0.15) is 46.5 Å². The van der Waals surface area contributed by atoms with Crippen molar-refractivity contribution in [2.24, 2.45) is 50.7 Å². The molecule has 6 heteroatoms. The summed E-state index contributed by atoms with van der Waals surface area (Å²) in [6, 6.07) is 0. The summed E-state index contributed by atoms with van der Waals surface area (Å²) in [6.07, 6.45) is 9.06. The first-order chi connectivity index (χ1) is 13.3. The van der Waals surface area contributed by atoms with Crippen LogP contribution in [-0.4, -0.2) is 44.8 Å². The smallest absolute Gasteiger partial charge is 0.102 e. The molecule has 3 fully saturated rings. The lowest BCUT2D eigenvalue weighted by atomic mass is 9.45. The van der Waals surface area contributed by atoms with Gasteiger partial charge in [0.15, 0.2) is 0 Å². The molecule has 4 aliphatic rings. The summed E-state index contributed by atoms with van der Waals surface area (Å²) in [5, 5.41) is 46.4. The van der Waals surface area contributed by atoms with Crippen molar-refractivity contribution in [3.8, 4) is 0 Å². The summed E-state index contributed by atoms with van der Waals surface area (Å²) < 4.78 is 0. The highest BCUT2D eigenvalue weighted by molar-refractivity contribution is 6.05.